The standard InChI is InChI=1S/C14H20FNO3/c1-3-19-14(18)5-4-8-16-10(2)12-7-6-11(17)9-13(12)15/h6-7,9-10,16-17H,3-5,8H2,1-2H3. The zero-order chi connectivity index (χ0) is 14.3. The second-order valence-corrected chi connectivity index (χ2v) is 4.29. The number of nitrogens with one attached hydrogen (secondary N) is 1. The van der Waals surface area contributed by atoms with Crippen LogP contribution in [0.5, 0.6) is 5.75 Å². The molecule has 0 heterocycles. The first kappa shape index (κ1) is 15.4. The number of carbonyl (C=O) groups excluding carboxylic acids is 1. The predicted octanol–water partition coefficient (Wildman–Crippen LogP) is 2.53. The van der Waals surface area contributed by atoms with E-state index in [1.165, 1.54) is 6.07 Å². The molecule has 4 nitrogen and oxygen atoms in total. The molecule has 0 aromatic heterocycles. The molecule has 0 amide bonds. The van der Waals surface area contributed by atoms with Crippen LogP contribution in [0.4, 0.5) is 4.39 Å². The first-order chi connectivity index (χ1) is 9.04. The van der Waals surface area contributed by atoms with Crippen molar-refractivity contribution in [2.24, 2.45) is 0 Å². The third kappa shape index (κ3) is 5.26. The summed E-state index contributed by atoms with van der Waals surface area (Å²) in [6.07, 6.45) is 0.995. The van der Waals surface area contributed by atoms with Crippen molar-refractivity contribution in [1.82, 2.24) is 5.32 Å². The van der Waals surface area contributed by atoms with Gasteiger partial charge in [-0.05, 0) is 32.9 Å². The zero-order valence-electron chi connectivity index (χ0n) is 11.3. The molecule has 0 spiro atoms. The Morgan fingerprint density at radius 3 is 2.89 bits per heavy atom. The average Bonchev–Trinajstić information content (AvgIpc) is 2.34. The van der Waals surface area contributed by atoms with Crippen molar-refractivity contribution in [2.45, 2.75) is 32.7 Å². The van der Waals surface area contributed by atoms with Crippen LogP contribution in [-0.4, -0.2) is 24.2 Å². The molecule has 0 aliphatic rings. The van der Waals surface area contributed by atoms with Gasteiger partial charge in [0.2, 0.25) is 0 Å². The van der Waals surface area contributed by atoms with Crippen LogP contribution < -0.4 is 5.32 Å². The van der Waals surface area contributed by atoms with Crippen molar-refractivity contribution in [1.29, 1.82) is 0 Å². The summed E-state index contributed by atoms with van der Waals surface area (Å²) in [5, 5.41) is 12.3. The van der Waals surface area contributed by atoms with E-state index in [-0.39, 0.29) is 17.8 Å². The molecular weight excluding hydrogens is 249 g/mol. The highest BCUT2D eigenvalue weighted by Gasteiger charge is 2.11. The first-order valence-corrected chi connectivity index (χ1v) is 6.42. The number of hydrogen-bond donors (Lipinski definition) is 2. The minimum absolute atomic E-state index is 0.0873. The van der Waals surface area contributed by atoms with Gasteiger partial charge >= 0.3 is 5.97 Å². The van der Waals surface area contributed by atoms with E-state index in [9.17, 15) is 9.18 Å². The Bertz CT molecular complexity index is 423. The lowest BCUT2D eigenvalue weighted by Gasteiger charge is -2.15. The van der Waals surface area contributed by atoms with Gasteiger partial charge in [0.15, 0.2) is 0 Å². The third-order valence-electron chi connectivity index (χ3n) is 2.76. The molecule has 5 heteroatoms. The van der Waals surface area contributed by atoms with Gasteiger partial charge in [-0.1, -0.05) is 6.07 Å². The Balaban J connectivity index is 2.35. The number of phenols is 1. The molecule has 1 unspecified atom stereocenters. The van der Waals surface area contributed by atoms with Crippen LogP contribution in [0.2, 0.25) is 0 Å². The van der Waals surface area contributed by atoms with E-state index >= 15 is 0 Å². The fraction of sp³-hybridized carbons (Fsp3) is 0.500. The van der Waals surface area contributed by atoms with E-state index in [4.69, 9.17) is 9.84 Å². The number of benzene rings is 1. The number of phenolic OH excluding ortho intramolecular Hbond substituents is 1. The first-order valence-electron chi connectivity index (χ1n) is 6.42. The lowest BCUT2D eigenvalue weighted by Crippen LogP contribution is -2.21. The largest absolute Gasteiger partial charge is 0.508 e. The van der Waals surface area contributed by atoms with Crippen molar-refractivity contribution in [3.05, 3.63) is 29.6 Å². The molecule has 0 aliphatic heterocycles. The molecule has 19 heavy (non-hydrogen) atoms. The number of aromatic hydroxyl groups is 1. The van der Waals surface area contributed by atoms with E-state index in [0.717, 1.165) is 6.07 Å². The fourth-order valence-electron chi connectivity index (χ4n) is 1.76. The molecular formula is C14H20FNO3. The summed E-state index contributed by atoms with van der Waals surface area (Å²) in [7, 11) is 0. The summed E-state index contributed by atoms with van der Waals surface area (Å²) < 4.78 is 18.4. The van der Waals surface area contributed by atoms with Gasteiger partial charge in [-0.3, -0.25) is 4.79 Å². The predicted molar refractivity (Wildman–Crippen MR) is 70.3 cm³/mol. The molecule has 1 atom stereocenters. The summed E-state index contributed by atoms with van der Waals surface area (Å²) >= 11 is 0. The van der Waals surface area contributed by atoms with Crippen molar-refractivity contribution in [3.8, 4) is 5.75 Å². The van der Waals surface area contributed by atoms with Crippen LogP contribution in [0, 0.1) is 5.82 Å². The maximum absolute atomic E-state index is 13.6. The summed E-state index contributed by atoms with van der Waals surface area (Å²) in [4.78, 5) is 11.1. The van der Waals surface area contributed by atoms with Crippen LogP contribution in [0.3, 0.4) is 0 Å². The molecule has 0 saturated heterocycles. The topological polar surface area (TPSA) is 58.6 Å². The number of hydrogen-bond acceptors (Lipinski definition) is 4. The van der Waals surface area contributed by atoms with E-state index in [0.29, 0.717) is 31.6 Å². The molecule has 0 fully saturated rings. The summed E-state index contributed by atoms with van der Waals surface area (Å²) in [5.74, 6) is -0.742. The van der Waals surface area contributed by atoms with Gasteiger partial charge in [0, 0.05) is 24.1 Å². The average molecular weight is 269 g/mol. The smallest absolute Gasteiger partial charge is 0.305 e. The summed E-state index contributed by atoms with van der Waals surface area (Å²) in [5.41, 5.74) is 0.494. The second-order valence-electron chi connectivity index (χ2n) is 4.29. The van der Waals surface area contributed by atoms with Crippen LogP contribution in [-0.2, 0) is 9.53 Å². The maximum Gasteiger partial charge on any atom is 0.305 e. The fourth-order valence-corrected chi connectivity index (χ4v) is 1.76. The molecule has 0 saturated carbocycles. The summed E-state index contributed by atoms with van der Waals surface area (Å²) in [6, 6.07) is 3.91. The molecule has 2 N–H and O–H groups in total. The monoisotopic (exact) mass is 269 g/mol. The quantitative estimate of drug-likeness (QED) is 0.590. The van der Waals surface area contributed by atoms with E-state index in [1.54, 1.807) is 13.0 Å². The Kier molecular flexibility index (Phi) is 6.29. The van der Waals surface area contributed by atoms with Crippen LogP contribution >= 0.6 is 0 Å². The van der Waals surface area contributed by atoms with E-state index in [1.807, 2.05) is 6.92 Å². The second kappa shape index (κ2) is 7.74. The van der Waals surface area contributed by atoms with Crippen molar-refractivity contribution in [3.63, 3.8) is 0 Å². The van der Waals surface area contributed by atoms with Gasteiger partial charge in [-0.2, -0.15) is 0 Å². The van der Waals surface area contributed by atoms with Gasteiger partial charge < -0.3 is 15.2 Å². The Labute approximate surface area is 112 Å². The van der Waals surface area contributed by atoms with Crippen LogP contribution in [0.1, 0.15) is 38.3 Å². The molecule has 1 aromatic rings. The highest BCUT2D eigenvalue weighted by molar-refractivity contribution is 5.69. The van der Waals surface area contributed by atoms with Gasteiger partial charge in [-0.15, -0.1) is 0 Å². The number of rotatable bonds is 7. The molecule has 1 rings (SSSR count). The van der Waals surface area contributed by atoms with Crippen molar-refractivity contribution in [2.75, 3.05) is 13.2 Å². The third-order valence-corrected chi connectivity index (χ3v) is 2.76. The highest BCUT2D eigenvalue weighted by Crippen LogP contribution is 2.20. The number of ether oxygens (including phenoxy) is 1. The Morgan fingerprint density at radius 1 is 1.53 bits per heavy atom. The minimum atomic E-state index is -0.439. The van der Waals surface area contributed by atoms with Crippen LogP contribution in [0.25, 0.3) is 0 Å². The SMILES string of the molecule is CCOC(=O)CCCNC(C)c1ccc(O)cc1F. The lowest BCUT2D eigenvalue weighted by atomic mass is 10.1. The zero-order valence-corrected chi connectivity index (χ0v) is 11.3. The van der Waals surface area contributed by atoms with E-state index < -0.39 is 5.82 Å². The minimum Gasteiger partial charge on any atom is -0.508 e. The molecule has 0 radical (unpaired) electrons. The normalized spacial score (nSPS) is 12.2. The Morgan fingerprint density at radius 2 is 2.26 bits per heavy atom. The lowest BCUT2D eigenvalue weighted by molar-refractivity contribution is -0.143. The molecule has 1 aromatic carbocycles. The maximum atomic E-state index is 13.6. The summed E-state index contributed by atoms with van der Waals surface area (Å²) in [6.45, 7) is 4.59. The van der Waals surface area contributed by atoms with Gasteiger partial charge in [0.1, 0.15) is 11.6 Å². The van der Waals surface area contributed by atoms with Gasteiger partial charge in [-0.25, -0.2) is 4.39 Å². The van der Waals surface area contributed by atoms with Crippen molar-refractivity contribution < 1.29 is 19.0 Å². The molecule has 106 valence electrons. The Hall–Kier alpha value is -1.62. The number of halogens is 1. The van der Waals surface area contributed by atoms with Crippen molar-refractivity contribution >= 4 is 5.97 Å². The van der Waals surface area contributed by atoms with Gasteiger partial charge in [0.25, 0.3) is 0 Å². The van der Waals surface area contributed by atoms with Crippen LogP contribution in [0.15, 0.2) is 18.2 Å². The molecule has 0 bridgehead atoms. The van der Waals surface area contributed by atoms with Gasteiger partial charge in [0.05, 0.1) is 6.61 Å². The number of carbonyl (C=O) groups is 1. The van der Waals surface area contributed by atoms with E-state index in [2.05, 4.69) is 5.32 Å². The number of esters is 1. The highest BCUT2D eigenvalue weighted by atomic mass is 19.1. The molecule has 0 aliphatic carbocycles.